The zero-order chi connectivity index (χ0) is 14.5. The Morgan fingerprint density at radius 3 is 2.75 bits per heavy atom. The van der Waals surface area contributed by atoms with Crippen molar-refractivity contribution in [2.24, 2.45) is 0 Å². The highest BCUT2D eigenvalue weighted by atomic mass is 79.9. The zero-order valence-corrected chi connectivity index (χ0v) is 13.2. The Bertz CT molecular complexity index is 470. The SMILES string of the molecule is C[C@H](O)c1ccc(Br)cc1OCC(=O)N1CCCCC1. The van der Waals surface area contributed by atoms with Crippen molar-refractivity contribution < 1.29 is 14.6 Å². The average molecular weight is 342 g/mol. The first-order valence-corrected chi connectivity index (χ1v) is 7.75. The molecule has 0 aromatic heterocycles. The third kappa shape index (κ3) is 3.96. The van der Waals surface area contributed by atoms with Crippen LogP contribution in [-0.4, -0.2) is 35.6 Å². The molecule has 0 unspecified atom stereocenters. The molecular formula is C15H20BrNO3. The summed E-state index contributed by atoms with van der Waals surface area (Å²) in [4.78, 5) is 13.9. The van der Waals surface area contributed by atoms with E-state index >= 15 is 0 Å². The number of aliphatic hydroxyl groups is 1. The van der Waals surface area contributed by atoms with Gasteiger partial charge in [0.25, 0.3) is 5.91 Å². The van der Waals surface area contributed by atoms with Gasteiger partial charge in [0.2, 0.25) is 0 Å². The van der Waals surface area contributed by atoms with Crippen LogP contribution in [0.1, 0.15) is 37.9 Å². The number of amides is 1. The molecule has 110 valence electrons. The molecule has 1 amide bonds. The van der Waals surface area contributed by atoms with Crippen molar-refractivity contribution in [3.05, 3.63) is 28.2 Å². The Balaban J connectivity index is 1.99. The van der Waals surface area contributed by atoms with Crippen molar-refractivity contribution in [3.63, 3.8) is 0 Å². The molecule has 20 heavy (non-hydrogen) atoms. The molecule has 0 saturated carbocycles. The van der Waals surface area contributed by atoms with E-state index in [4.69, 9.17) is 4.74 Å². The van der Waals surface area contributed by atoms with E-state index in [0.29, 0.717) is 11.3 Å². The van der Waals surface area contributed by atoms with Crippen molar-refractivity contribution in [2.45, 2.75) is 32.3 Å². The number of piperidine rings is 1. The fraction of sp³-hybridized carbons (Fsp3) is 0.533. The van der Waals surface area contributed by atoms with Crippen LogP contribution in [0.25, 0.3) is 0 Å². The molecule has 2 rings (SSSR count). The van der Waals surface area contributed by atoms with Crippen LogP contribution in [0.2, 0.25) is 0 Å². The van der Waals surface area contributed by atoms with Gasteiger partial charge in [-0.25, -0.2) is 0 Å². The maximum Gasteiger partial charge on any atom is 0.260 e. The molecule has 5 heteroatoms. The summed E-state index contributed by atoms with van der Waals surface area (Å²) in [7, 11) is 0. The van der Waals surface area contributed by atoms with Gasteiger partial charge >= 0.3 is 0 Å². The van der Waals surface area contributed by atoms with E-state index in [1.54, 1.807) is 19.1 Å². The van der Waals surface area contributed by atoms with E-state index in [-0.39, 0.29) is 12.5 Å². The fourth-order valence-electron chi connectivity index (χ4n) is 2.35. The maximum atomic E-state index is 12.1. The molecule has 0 radical (unpaired) electrons. The van der Waals surface area contributed by atoms with Crippen molar-refractivity contribution in [3.8, 4) is 5.75 Å². The number of aliphatic hydroxyl groups excluding tert-OH is 1. The third-order valence-electron chi connectivity index (χ3n) is 3.49. The van der Waals surface area contributed by atoms with Gasteiger partial charge in [0.1, 0.15) is 5.75 Å². The minimum Gasteiger partial charge on any atom is -0.483 e. The van der Waals surface area contributed by atoms with Gasteiger partial charge in [0.15, 0.2) is 6.61 Å². The molecule has 0 spiro atoms. The Hall–Kier alpha value is -1.07. The fourth-order valence-corrected chi connectivity index (χ4v) is 2.69. The highest BCUT2D eigenvalue weighted by Gasteiger charge is 2.18. The number of ether oxygens (including phenoxy) is 1. The van der Waals surface area contributed by atoms with E-state index < -0.39 is 6.10 Å². The Morgan fingerprint density at radius 2 is 2.10 bits per heavy atom. The van der Waals surface area contributed by atoms with Gasteiger partial charge in [-0.2, -0.15) is 0 Å². The highest BCUT2D eigenvalue weighted by Crippen LogP contribution is 2.28. The number of carbonyl (C=O) groups excluding carboxylic acids is 1. The second-order valence-electron chi connectivity index (χ2n) is 5.09. The third-order valence-corrected chi connectivity index (χ3v) is 3.98. The Morgan fingerprint density at radius 1 is 1.40 bits per heavy atom. The minimum atomic E-state index is -0.622. The lowest BCUT2D eigenvalue weighted by Gasteiger charge is -2.26. The first kappa shape index (κ1) is 15.3. The van der Waals surface area contributed by atoms with Crippen LogP contribution in [0.15, 0.2) is 22.7 Å². The Kier molecular flexibility index (Phi) is 5.43. The summed E-state index contributed by atoms with van der Waals surface area (Å²) in [5.74, 6) is 0.570. The zero-order valence-electron chi connectivity index (χ0n) is 11.6. The van der Waals surface area contributed by atoms with Crippen molar-refractivity contribution >= 4 is 21.8 Å². The van der Waals surface area contributed by atoms with Gasteiger partial charge in [-0.05, 0) is 38.3 Å². The van der Waals surface area contributed by atoms with Crippen LogP contribution < -0.4 is 4.74 Å². The molecule has 1 saturated heterocycles. The summed E-state index contributed by atoms with van der Waals surface area (Å²) in [6.45, 7) is 3.35. The van der Waals surface area contributed by atoms with Crippen molar-refractivity contribution in [2.75, 3.05) is 19.7 Å². The lowest BCUT2D eigenvalue weighted by atomic mass is 10.1. The van der Waals surface area contributed by atoms with Crippen LogP contribution in [0.3, 0.4) is 0 Å². The number of likely N-dealkylation sites (tertiary alicyclic amines) is 1. The van der Waals surface area contributed by atoms with Gasteiger partial charge in [-0.3, -0.25) is 4.79 Å². The lowest BCUT2D eigenvalue weighted by Crippen LogP contribution is -2.38. The summed E-state index contributed by atoms with van der Waals surface area (Å²) in [6.07, 6.45) is 2.72. The van der Waals surface area contributed by atoms with Crippen LogP contribution in [0, 0.1) is 0 Å². The average Bonchev–Trinajstić information content (AvgIpc) is 2.45. The first-order chi connectivity index (χ1) is 9.58. The quantitative estimate of drug-likeness (QED) is 0.915. The van der Waals surface area contributed by atoms with Crippen LogP contribution in [0.4, 0.5) is 0 Å². The lowest BCUT2D eigenvalue weighted by molar-refractivity contribution is -0.134. The minimum absolute atomic E-state index is 0.0150. The maximum absolute atomic E-state index is 12.1. The summed E-state index contributed by atoms with van der Waals surface area (Å²) in [6, 6.07) is 5.43. The van der Waals surface area contributed by atoms with E-state index in [2.05, 4.69) is 15.9 Å². The molecule has 1 atom stereocenters. The molecule has 1 heterocycles. The normalized spacial score (nSPS) is 16.9. The van der Waals surface area contributed by atoms with Gasteiger partial charge in [0.05, 0.1) is 6.10 Å². The molecule has 0 aliphatic carbocycles. The molecule has 1 N–H and O–H groups in total. The number of hydrogen-bond donors (Lipinski definition) is 1. The van der Waals surface area contributed by atoms with E-state index in [1.165, 1.54) is 6.42 Å². The molecular weight excluding hydrogens is 322 g/mol. The van der Waals surface area contributed by atoms with Crippen molar-refractivity contribution in [1.29, 1.82) is 0 Å². The van der Waals surface area contributed by atoms with Crippen molar-refractivity contribution in [1.82, 2.24) is 4.90 Å². The van der Waals surface area contributed by atoms with E-state index in [9.17, 15) is 9.90 Å². The largest absolute Gasteiger partial charge is 0.483 e. The van der Waals surface area contributed by atoms with Crippen LogP contribution in [0.5, 0.6) is 5.75 Å². The predicted molar refractivity (Wildman–Crippen MR) is 80.7 cm³/mol. The van der Waals surface area contributed by atoms with Gasteiger partial charge in [-0.15, -0.1) is 0 Å². The van der Waals surface area contributed by atoms with E-state index in [1.807, 2.05) is 11.0 Å². The van der Waals surface area contributed by atoms with Gasteiger partial charge < -0.3 is 14.7 Å². The van der Waals surface area contributed by atoms with Gasteiger partial charge in [-0.1, -0.05) is 22.0 Å². The second kappa shape index (κ2) is 7.09. The Labute approximate surface area is 127 Å². The standard InChI is InChI=1S/C15H20BrNO3/c1-11(18)13-6-5-12(16)9-14(13)20-10-15(19)17-7-3-2-4-8-17/h5-6,9,11,18H,2-4,7-8,10H2,1H3/t11-/m0/s1. The number of rotatable bonds is 4. The highest BCUT2D eigenvalue weighted by molar-refractivity contribution is 9.10. The molecule has 1 fully saturated rings. The summed E-state index contributed by atoms with van der Waals surface area (Å²) in [5.41, 5.74) is 0.694. The molecule has 1 aromatic carbocycles. The smallest absolute Gasteiger partial charge is 0.260 e. The molecule has 1 aliphatic heterocycles. The van der Waals surface area contributed by atoms with Gasteiger partial charge in [0, 0.05) is 23.1 Å². The molecule has 4 nitrogen and oxygen atoms in total. The monoisotopic (exact) mass is 341 g/mol. The topological polar surface area (TPSA) is 49.8 Å². The van der Waals surface area contributed by atoms with E-state index in [0.717, 1.165) is 30.4 Å². The predicted octanol–water partition coefficient (Wildman–Crippen LogP) is 2.89. The molecule has 1 aliphatic rings. The molecule has 1 aromatic rings. The van der Waals surface area contributed by atoms with Crippen LogP contribution in [-0.2, 0) is 4.79 Å². The number of benzene rings is 1. The number of carbonyl (C=O) groups is 1. The number of halogens is 1. The second-order valence-corrected chi connectivity index (χ2v) is 6.00. The summed E-state index contributed by atoms with van der Waals surface area (Å²) < 4.78 is 6.48. The summed E-state index contributed by atoms with van der Waals surface area (Å²) in [5, 5.41) is 9.72. The number of nitrogens with zero attached hydrogens (tertiary/aromatic N) is 1. The summed E-state index contributed by atoms with van der Waals surface area (Å²) >= 11 is 3.37. The first-order valence-electron chi connectivity index (χ1n) is 6.96. The number of hydrogen-bond acceptors (Lipinski definition) is 3. The van der Waals surface area contributed by atoms with Crippen LogP contribution >= 0.6 is 15.9 Å². The molecule has 0 bridgehead atoms.